The zero-order valence-electron chi connectivity index (χ0n) is 11.0. The van der Waals surface area contributed by atoms with E-state index in [4.69, 9.17) is 11.6 Å². The number of rotatable bonds is 5. The van der Waals surface area contributed by atoms with Gasteiger partial charge in [0.1, 0.15) is 6.10 Å². The van der Waals surface area contributed by atoms with E-state index in [9.17, 15) is 19.8 Å². The number of esters is 2. The summed E-state index contributed by atoms with van der Waals surface area (Å²) < 4.78 is 8.93. The Morgan fingerprint density at radius 3 is 2.40 bits per heavy atom. The first kappa shape index (κ1) is 16.4. The lowest BCUT2D eigenvalue weighted by atomic mass is 10.0. The van der Waals surface area contributed by atoms with E-state index in [2.05, 4.69) is 9.47 Å². The number of carbonyl (C=O) groups is 2. The van der Waals surface area contributed by atoms with E-state index in [1.165, 1.54) is 32.4 Å². The Morgan fingerprint density at radius 2 is 1.90 bits per heavy atom. The van der Waals surface area contributed by atoms with E-state index in [-0.39, 0.29) is 22.6 Å². The molecule has 20 heavy (non-hydrogen) atoms. The molecule has 1 aromatic carbocycles. The summed E-state index contributed by atoms with van der Waals surface area (Å²) >= 11 is 5.90. The fourth-order valence-electron chi connectivity index (χ4n) is 1.58. The lowest BCUT2D eigenvalue weighted by Gasteiger charge is -2.17. The Morgan fingerprint density at radius 1 is 1.25 bits per heavy atom. The van der Waals surface area contributed by atoms with Crippen LogP contribution in [0.5, 0.6) is 0 Å². The summed E-state index contributed by atoms with van der Waals surface area (Å²) in [4.78, 5) is 22.4. The number of methoxy groups -OCH3 is 2. The summed E-state index contributed by atoms with van der Waals surface area (Å²) in [6.45, 7) is 0. The SMILES string of the molecule is COC(=O)CC(O)C(O)c1ccc(C(=O)OC)c(Cl)c1. The lowest BCUT2D eigenvalue weighted by molar-refractivity contribution is -0.144. The highest BCUT2D eigenvalue weighted by Crippen LogP contribution is 2.25. The normalized spacial score (nSPS) is 13.4. The van der Waals surface area contributed by atoms with Gasteiger partial charge < -0.3 is 19.7 Å². The number of hydrogen-bond donors (Lipinski definition) is 2. The van der Waals surface area contributed by atoms with Crippen LogP contribution in [0, 0.1) is 0 Å². The molecule has 7 heteroatoms. The third-order valence-electron chi connectivity index (χ3n) is 2.71. The average Bonchev–Trinajstić information content (AvgIpc) is 2.45. The van der Waals surface area contributed by atoms with Gasteiger partial charge in [0.05, 0.1) is 37.3 Å². The highest BCUT2D eigenvalue weighted by molar-refractivity contribution is 6.33. The molecule has 0 radical (unpaired) electrons. The van der Waals surface area contributed by atoms with Gasteiger partial charge in [-0.15, -0.1) is 0 Å². The summed E-state index contributed by atoms with van der Waals surface area (Å²) in [7, 11) is 2.41. The molecule has 0 bridgehead atoms. The molecule has 0 heterocycles. The van der Waals surface area contributed by atoms with Crippen molar-refractivity contribution < 1.29 is 29.3 Å². The van der Waals surface area contributed by atoms with Gasteiger partial charge in [-0.2, -0.15) is 0 Å². The van der Waals surface area contributed by atoms with Crippen molar-refractivity contribution in [2.45, 2.75) is 18.6 Å². The van der Waals surface area contributed by atoms with Gasteiger partial charge in [-0.25, -0.2) is 4.79 Å². The molecule has 2 unspecified atom stereocenters. The minimum Gasteiger partial charge on any atom is -0.469 e. The molecule has 1 aromatic rings. The predicted molar refractivity (Wildman–Crippen MR) is 70.4 cm³/mol. The van der Waals surface area contributed by atoms with Crippen LogP contribution in [0.4, 0.5) is 0 Å². The van der Waals surface area contributed by atoms with Gasteiger partial charge in [0.25, 0.3) is 0 Å². The van der Waals surface area contributed by atoms with Crippen molar-refractivity contribution in [3.63, 3.8) is 0 Å². The predicted octanol–water partition coefficient (Wildman–Crippen LogP) is 1.08. The lowest BCUT2D eigenvalue weighted by Crippen LogP contribution is -2.22. The van der Waals surface area contributed by atoms with Gasteiger partial charge >= 0.3 is 11.9 Å². The van der Waals surface area contributed by atoms with Crippen LogP contribution in [0.25, 0.3) is 0 Å². The van der Waals surface area contributed by atoms with Crippen molar-refractivity contribution in [1.82, 2.24) is 0 Å². The standard InChI is InChI=1S/C13H15ClO6/c1-19-11(16)6-10(15)12(17)7-3-4-8(9(14)5-7)13(18)20-2/h3-5,10,12,15,17H,6H2,1-2H3. The second kappa shape index (κ2) is 7.23. The molecule has 0 amide bonds. The highest BCUT2D eigenvalue weighted by Gasteiger charge is 2.23. The first-order valence-electron chi connectivity index (χ1n) is 5.71. The zero-order chi connectivity index (χ0) is 15.3. The first-order chi connectivity index (χ1) is 9.40. The van der Waals surface area contributed by atoms with Crippen molar-refractivity contribution in [2.75, 3.05) is 14.2 Å². The maximum absolute atomic E-state index is 11.4. The van der Waals surface area contributed by atoms with Crippen molar-refractivity contribution in [1.29, 1.82) is 0 Å². The molecule has 0 aliphatic carbocycles. The molecular formula is C13H15ClO6. The second-order valence-corrected chi connectivity index (χ2v) is 4.43. The fourth-order valence-corrected chi connectivity index (χ4v) is 1.84. The van der Waals surface area contributed by atoms with Gasteiger partial charge in [0.15, 0.2) is 0 Å². The quantitative estimate of drug-likeness (QED) is 0.791. The number of ether oxygens (including phenoxy) is 2. The first-order valence-corrected chi connectivity index (χ1v) is 6.09. The van der Waals surface area contributed by atoms with E-state index < -0.39 is 24.1 Å². The van der Waals surface area contributed by atoms with E-state index in [0.717, 1.165) is 0 Å². The third kappa shape index (κ3) is 3.93. The van der Waals surface area contributed by atoms with Crippen LogP contribution in [-0.2, 0) is 14.3 Å². The Kier molecular flexibility index (Phi) is 5.94. The number of aliphatic hydroxyl groups is 2. The van der Waals surface area contributed by atoms with Crippen LogP contribution in [0.3, 0.4) is 0 Å². The molecule has 110 valence electrons. The maximum Gasteiger partial charge on any atom is 0.339 e. The molecule has 0 saturated heterocycles. The summed E-state index contributed by atoms with van der Waals surface area (Å²) in [6, 6.07) is 4.12. The molecule has 0 aliphatic heterocycles. The summed E-state index contributed by atoms with van der Waals surface area (Å²) in [5.74, 6) is -1.25. The van der Waals surface area contributed by atoms with Crippen LogP contribution in [0.1, 0.15) is 28.4 Å². The molecule has 0 fully saturated rings. The largest absolute Gasteiger partial charge is 0.469 e. The molecule has 0 aromatic heterocycles. The van der Waals surface area contributed by atoms with Crippen molar-refractivity contribution >= 4 is 23.5 Å². The third-order valence-corrected chi connectivity index (χ3v) is 3.02. The number of halogens is 1. The fraction of sp³-hybridized carbons (Fsp3) is 0.385. The van der Waals surface area contributed by atoms with Crippen molar-refractivity contribution in [3.8, 4) is 0 Å². The molecule has 0 saturated carbocycles. The zero-order valence-corrected chi connectivity index (χ0v) is 11.8. The molecule has 1 rings (SSSR count). The van der Waals surface area contributed by atoms with Gasteiger partial charge in [-0.05, 0) is 17.7 Å². The minimum atomic E-state index is -1.33. The topological polar surface area (TPSA) is 93.1 Å². The Balaban J connectivity index is 2.89. The Hall–Kier alpha value is -1.63. The number of hydrogen-bond acceptors (Lipinski definition) is 6. The second-order valence-electron chi connectivity index (χ2n) is 4.02. The van der Waals surface area contributed by atoms with Gasteiger partial charge in [-0.3, -0.25) is 4.79 Å². The number of aliphatic hydroxyl groups excluding tert-OH is 2. The number of carbonyl (C=O) groups excluding carboxylic acids is 2. The molecule has 6 nitrogen and oxygen atoms in total. The molecule has 0 aliphatic rings. The smallest absolute Gasteiger partial charge is 0.339 e. The van der Waals surface area contributed by atoms with Gasteiger partial charge in [0.2, 0.25) is 0 Å². The van der Waals surface area contributed by atoms with E-state index in [1.807, 2.05) is 0 Å². The highest BCUT2D eigenvalue weighted by atomic mass is 35.5. The van der Waals surface area contributed by atoms with Gasteiger partial charge in [0, 0.05) is 0 Å². The average molecular weight is 303 g/mol. The molecule has 0 spiro atoms. The molecule has 2 N–H and O–H groups in total. The van der Waals surface area contributed by atoms with Crippen molar-refractivity contribution in [3.05, 3.63) is 34.3 Å². The molecule has 2 atom stereocenters. The number of benzene rings is 1. The Labute approximate surface area is 120 Å². The molecular weight excluding hydrogens is 288 g/mol. The van der Waals surface area contributed by atoms with E-state index in [0.29, 0.717) is 0 Å². The van der Waals surface area contributed by atoms with Crippen LogP contribution in [0.2, 0.25) is 5.02 Å². The minimum absolute atomic E-state index is 0.0821. The Bertz CT molecular complexity index is 502. The summed E-state index contributed by atoms with van der Waals surface area (Å²) in [5.41, 5.74) is 0.423. The van der Waals surface area contributed by atoms with Crippen LogP contribution in [0.15, 0.2) is 18.2 Å². The van der Waals surface area contributed by atoms with Gasteiger partial charge in [-0.1, -0.05) is 17.7 Å². The van der Waals surface area contributed by atoms with Crippen molar-refractivity contribution in [2.24, 2.45) is 0 Å². The monoisotopic (exact) mass is 302 g/mol. The van der Waals surface area contributed by atoms with Crippen LogP contribution < -0.4 is 0 Å². The van der Waals surface area contributed by atoms with E-state index in [1.54, 1.807) is 0 Å². The maximum atomic E-state index is 11.4. The van der Waals surface area contributed by atoms with E-state index >= 15 is 0 Å². The van der Waals surface area contributed by atoms with Crippen LogP contribution >= 0.6 is 11.6 Å². The summed E-state index contributed by atoms with van der Waals surface area (Å²) in [5, 5.41) is 19.7. The van der Waals surface area contributed by atoms with Crippen LogP contribution in [-0.4, -0.2) is 42.5 Å². The summed E-state index contributed by atoms with van der Waals surface area (Å²) in [6.07, 6.45) is -3.01.